The van der Waals surface area contributed by atoms with Gasteiger partial charge in [0.05, 0.1) is 31.3 Å². The van der Waals surface area contributed by atoms with Gasteiger partial charge in [0.1, 0.15) is 5.69 Å². The molecule has 0 aromatic carbocycles. The van der Waals surface area contributed by atoms with Crippen LogP contribution in [0.2, 0.25) is 0 Å². The van der Waals surface area contributed by atoms with E-state index in [1.165, 1.54) is 7.11 Å². The first kappa shape index (κ1) is 17.6. The van der Waals surface area contributed by atoms with Crippen molar-refractivity contribution in [3.63, 3.8) is 0 Å². The van der Waals surface area contributed by atoms with Crippen molar-refractivity contribution in [2.45, 2.75) is 6.54 Å². The molecule has 0 amide bonds. The summed E-state index contributed by atoms with van der Waals surface area (Å²) in [5.74, 6) is -0.376. The van der Waals surface area contributed by atoms with Crippen molar-refractivity contribution in [2.75, 3.05) is 21.2 Å². The van der Waals surface area contributed by atoms with Crippen molar-refractivity contribution < 1.29 is 9.53 Å². The summed E-state index contributed by atoms with van der Waals surface area (Å²) in [4.78, 5) is 17.9. The molecule has 0 spiro atoms. The Hall–Kier alpha value is -2.74. The minimum Gasteiger partial charge on any atom is -0.464 e. The first-order valence-corrected chi connectivity index (χ1v) is 7.62. The third kappa shape index (κ3) is 4.63. The van der Waals surface area contributed by atoms with Crippen molar-refractivity contribution in [1.29, 1.82) is 0 Å². The highest BCUT2D eigenvalue weighted by Crippen LogP contribution is 2.08. The molecule has 2 aromatic heterocycles. The average Bonchev–Trinajstić information content (AvgIpc) is 3.02. The lowest BCUT2D eigenvalue weighted by molar-refractivity contribution is 0.0589. The fourth-order valence-electron chi connectivity index (χ4n) is 1.93. The van der Waals surface area contributed by atoms with Gasteiger partial charge in [-0.3, -0.25) is 5.43 Å². The third-order valence-electron chi connectivity index (χ3n) is 3.15. The van der Waals surface area contributed by atoms with Crippen molar-refractivity contribution >= 4 is 29.5 Å². The second-order valence-corrected chi connectivity index (χ2v) is 5.52. The van der Waals surface area contributed by atoms with E-state index in [1.54, 1.807) is 27.8 Å². The van der Waals surface area contributed by atoms with Crippen molar-refractivity contribution in [1.82, 2.24) is 19.9 Å². The topological polar surface area (TPSA) is 71.8 Å². The summed E-state index contributed by atoms with van der Waals surface area (Å²) in [6.07, 6.45) is 3.40. The van der Waals surface area contributed by atoms with E-state index in [4.69, 9.17) is 17.0 Å². The van der Waals surface area contributed by atoms with Crippen LogP contribution in [0.1, 0.15) is 21.9 Å². The smallest absolute Gasteiger partial charge is 0.354 e. The predicted octanol–water partition coefficient (Wildman–Crippen LogP) is 1.49. The lowest BCUT2D eigenvalue weighted by Gasteiger charge is -2.11. The zero-order valence-electron chi connectivity index (χ0n) is 13.8. The zero-order valence-corrected chi connectivity index (χ0v) is 14.6. The average molecular weight is 345 g/mol. The predicted molar refractivity (Wildman–Crippen MR) is 96.1 cm³/mol. The number of methoxy groups -OCH3 is 1. The van der Waals surface area contributed by atoms with Gasteiger partial charge in [-0.1, -0.05) is 6.07 Å². The highest BCUT2D eigenvalue weighted by Gasteiger charge is 2.11. The quantitative estimate of drug-likeness (QED) is 0.383. The Morgan fingerprint density at radius 2 is 2.21 bits per heavy atom. The number of carbonyl (C=O) groups excluding carboxylic acids is 1. The second kappa shape index (κ2) is 8.21. The number of carbonyl (C=O) groups is 1. The van der Waals surface area contributed by atoms with Crippen LogP contribution in [0.15, 0.2) is 41.6 Å². The summed E-state index contributed by atoms with van der Waals surface area (Å²) < 4.78 is 6.55. The maximum absolute atomic E-state index is 11.7. The van der Waals surface area contributed by atoms with Gasteiger partial charge in [-0.2, -0.15) is 5.10 Å². The molecule has 1 N–H and O–H groups in total. The molecule has 8 heteroatoms. The Balaban J connectivity index is 2.08. The lowest BCUT2D eigenvalue weighted by atomic mass is 10.3. The van der Waals surface area contributed by atoms with Crippen LogP contribution in [-0.4, -0.2) is 53.0 Å². The molecule has 0 saturated carbocycles. The van der Waals surface area contributed by atoms with Crippen LogP contribution < -0.4 is 5.43 Å². The van der Waals surface area contributed by atoms with E-state index in [-0.39, 0.29) is 5.97 Å². The minimum absolute atomic E-state index is 0.376. The molecule has 0 aliphatic heterocycles. The number of hydrazone groups is 1. The molecule has 2 heterocycles. The summed E-state index contributed by atoms with van der Waals surface area (Å²) in [7, 11) is 5.03. The number of thiocarbonyl (C=S) groups is 1. The van der Waals surface area contributed by atoms with E-state index in [0.29, 0.717) is 23.0 Å². The molecule has 2 aromatic rings. The summed E-state index contributed by atoms with van der Waals surface area (Å²) in [6.45, 7) is 0.461. The second-order valence-electron chi connectivity index (χ2n) is 5.14. The number of nitrogens with zero attached hydrogens (tertiary/aromatic N) is 4. The number of pyridine rings is 1. The summed E-state index contributed by atoms with van der Waals surface area (Å²) >= 11 is 5.08. The number of aromatic nitrogens is 2. The molecule has 0 fully saturated rings. The van der Waals surface area contributed by atoms with E-state index >= 15 is 0 Å². The summed E-state index contributed by atoms with van der Waals surface area (Å²) in [6, 6.07) is 9.11. The molecule has 0 aliphatic carbocycles. The highest BCUT2D eigenvalue weighted by molar-refractivity contribution is 7.80. The maximum atomic E-state index is 11.7. The van der Waals surface area contributed by atoms with Crippen LogP contribution in [0.3, 0.4) is 0 Å². The molecule has 0 aliphatic rings. The van der Waals surface area contributed by atoms with Gasteiger partial charge in [0, 0.05) is 20.3 Å². The van der Waals surface area contributed by atoms with Gasteiger partial charge in [-0.15, -0.1) is 0 Å². The zero-order chi connectivity index (χ0) is 17.5. The van der Waals surface area contributed by atoms with Gasteiger partial charge < -0.3 is 14.2 Å². The molecular weight excluding hydrogens is 326 g/mol. The summed E-state index contributed by atoms with van der Waals surface area (Å²) in [5.41, 5.74) is 4.72. The van der Waals surface area contributed by atoms with Crippen molar-refractivity contribution in [2.24, 2.45) is 5.10 Å². The number of hydrogen-bond acceptors (Lipinski definition) is 5. The van der Waals surface area contributed by atoms with Crippen LogP contribution in [-0.2, 0) is 11.3 Å². The lowest BCUT2D eigenvalue weighted by Crippen LogP contribution is -2.30. The SMILES string of the molecule is COC(=O)c1cccn1Cc1cccc(/C=N/NC(=S)N(C)C)n1. The van der Waals surface area contributed by atoms with Crippen LogP contribution >= 0.6 is 12.2 Å². The van der Waals surface area contributed by atoms with E-state index < -0.39 is 0 Å². The van der Waals surface area contributed by atoms with Crippen LogP contribution in [0, 0.1) is 0 Å². The Kier molecular flexibility index (Phi) is 6.02. The number of hydrogen-bond donors (Lipinski definition) is 1. The van der Waals surface area contributed by atoms with E-state index in [9.17, 15) is 4.79 Å². The van der Waals surface area contributed by atoms with E-state index in [0.717, 1.165) is 5.69 Å². The van der Waals surface area contributed by atoms with Crippen LogP contribution in [0.4, 0.5) is 0 Å². The number of ether oxygens (including phenoxy) is 1. The van der Waals surface area contributed by atoms with Crippen LogP contribution in [0.5, 0.6) is 0 Å². The third-order valence-corrected chi connectivity index (χ3v) is 3.60. The number of nitrogens with one attached hydrogen (secondary N) is 1. The van der Waals surface area contributed by atoms with Gasteiger partial charge in [-0.25, -0.2) is 9.78 Å². The van der Waals surface area contributed by atoms with Gasteiger partial charge in [0.15, 0.2) is 5.11 Å². The Bertz CT molecular complexity index is 754. The maximum Gasteiger partial charge on any atom is 0.354 e. The Labute approximate surface area is 145 Å². The van der Waals surface area contributed by atoms with Gasteiger partial charge in [0.2, 0.25) is 0 Å². The minimum atomic E-state index is -0.376. The monoisotopic (exact) mass is 345 g/mol. The van der Waals surface area contributed by atoms with Gasteiger partial charge in [-0.05, 0) is 36.5 Å². The number of esters is 1. The Morgan fingerprint density at radius 3 is 2.92 bits per heavy atom. The first-order valence-electron chi connectivity index (χ1n) is 7.21. The van der Waals surface area contributed by atoms with E-state index in [2.05, 4.69) is 15.5 Å². The van der Waals surface area contributed by atoms with Crippen molar-refractivity contribution in [3.8, 4) is 0 Å². The molecule has 7 nitrogen and oxygen atoms in total. The molecule has 24 heavy (non-hydrogen) atoms. The molecule has 126 valence electrons. The Morgan fingerprint density at radius 1 is 1.42 bits per heavy atom. The fourth-order valence-corrected chi connectivity index (χ4v) is 1.98. The molecule has 2 rings (SSSR count). The van der Waals surface area contributed by atoms with Gasteiger partial charge in [0.25, 0.3) is 0 Å². The standard InChI is InChI=1S/C16H19N5O2S/c1-20(2)16(24)19-17-10-12-6-4-7-13(18-12)11-21-9-5-8-14(21)15(22)23-3/h4-10H,11H2,1-3H3,(H,19,24)/b17-10+. The molecule has 0 bridgehead atoms. The molecule has 0 unspecified atom stereocenters. The molecule has 0 atom stereocenters. The first-order chi connectivity index (χ1) is 11.5. The summed E-state index contributed by atoms with van der Waals surface area (Å²) in [5, 5.41) is 4.57. The molecule has 0 saturated heterocycles. The molecular formula is C16H19N5O2S. The van der Waals surface area contributed by atoms with Gasteiger partial charge >= 0.3 is 5.97 Å². The fraction of sp³-hybridized carbons (Fsp3) is 0.250. The largest absolute Gasteiger partial charge is 0.464 e. The normalized spacial score (nSPS) is 10.6. The number of rotatable bonds is 5. The van der Waals surface area contributed by atoms with Crippen LogP contribution in [0.25, 0.3) is 0 Å². The van der Waals surface area contributed by atoms with Crippen molar-refractivity contribution in [3.05, 3.63) is 53.6 Å². The highest BCUT2D eigenvalue weighted by atomic mass is 32.1. The van der Waals surface area contributed by atoms with E-state index in [1.807, 2.05) is 38.5 Å². The molecule has 0 radical (unpaired) electrons.